The summed E-state index contributed by atoms with van der Waals surface area (Å²) in [6, 6.07) is 8.37. The maximum atomic E-state index is 8.87. The second-order valence-corrected chi connectivity index (χ2v) is 4.84. The fourth-order valence-electron chi connectivity index (χ4n) is 2.90. The summed E-state index contributed by atoms with van der Waals surface area (Å²) in [5.74, 6) is 1.78. The minimum Gasteiger partial charge on any atom is -0.355 e. The van der Waals surface area contributed by atoms with Crippen LogP contribution in [0.5, 0.6) is 0 Å². The Bertz CT molecular complexity index is 451. The Kier molecular flexibility index (Phi) is 2.69. The third kappa shape index (κ3) is 1.98. The minimum atomic E-state index is 0.504. The highest BCUT2D eigenvalue weighted by atomic mass is 15.2. The van der Waals surface area contributed by atoms with Crippen LogP contribution in [0.3, 0.4) is 0 Å². The summed E-state index contributed by atoms with van der Waals surface area (Å²) >= 11 is 0. The van der Waals surface area contributed by atoms with Crippen LogP contribution in [0.25, 0.3) is 0 Å². The number of anilines is 1. The fourth-order valence-corrected chi connectivity index (χ4v) is 2.90. The summed E-state index contributed by atoms with van der Waals surface area (Å²) in [5, 5.41) is 12.4. The lowest BCUT2D eigenvalue weighted by molar-refractivity contribution is 0.372. The third-order valence-electron chi connectivity index (χ3n) is 3.85. The Morgan fingerprint density at radius 2 is 2.35 bits per heavy atom. The molecule has 3 rings (SSSR count). The van der Waals surface area contributed by atoms with Gasteiger partial charge < -0.3 is 10.2 Å². The normalized spacial score (nSPS) is 27.6. The summed E-state index contributed by atoms with van der Waals surface area (Å²) in [6.07, 6.45) is 2.54. The summed E-state index contributed by atoms with van der Waals surface area (Å²) in [7, 11) is 0. The number of aromatic nitrogens is 1. The van der Waals surface area contributed by atoms with Crippen LogP contribution in [-0.4, -0.2) is 30.7 Å². The van der Waals surface area contributed by atoms with E-state index in [1.165, 1.54) is 12.8 Å². The van der Waals surface area contributed by atoms with Crippen LogP contribution in [-0.2, 0) is 0 Å². The van der Waals surface area contributed by atoms with E-state index in [1.807, 2.05) is 12.1 Å². The maximum absolute atomic E-state index is 8.87. The summed E-state index contributed by atoms with van der Waals surface area (Å²) in [6.45, 7) is 3.23. The molecule has 3 heterocycles. The zero-order chi connectivity index (χ0) is 11.7. The quantitative estimate of drug-likeness (QED) is 0.783. The molecule has 2 atom stereocenters. The first-order chi connectivity index (χ1) is 8.36. The average Bonchev–Trinajstić information content (AvgIpc) is 2.86. The molecule has 2 unspecified atom stereocenters. The van der Waals surface area contributed by atoms with E-state index in [1.54, 1.807) is 6.07 Å². The van der Waals surface area contributed by atoms with Crippen LogP contribution in [0, 0.1) is 17.2 Å². The molecule has 4 nitrogen and oxygen atoms in total. The molecule has 0 spiro atoms. The van der Waals surface area contributed by atoms with E-state index in [9.17, 15) is 0 Å². The fraction of sp³-hybridized carbons (Fsp3) is 0.538. The third-order valence-corrected chi connectivity index (χ3v) is 3.85. The highest BCUT2D eigenvalue weighted by molar-refractivity contribution is 5.42. The molecule has 2 fully saturated rings. The van der Waals surface area contributed by atoms with Gasteiger partial charge in [0.2, 0.25) is 0 Å². The van der Waals surface area contributed by atoms with Crippen molar-refractivity contribution < 1.29 is 0 Å². The molecule has 1 aromatic heterocycles. The SMILES string of the molecule is N#Cc1cccc(N2CCC3CCNC3C2)n1. The van der Waals surface area contributed by atoms with E-state index >= 15 is 0 Å². The molecular weight excluding hydrogens is 212 g/mol. The van der Waals surface area contributed by atoms with Crippen LogP contribution in [0.15, 0.2) is 18.2 Å². The van der Waals surface area contributed by atoms with Crippen molar-refractivity contribution in [3.8, 4) is 6.07 Å². The number of hydrogen-bond donors (Lipinski definition) is 1. The molecule has 2 aliphatic rings. The smallest absolute Gasteiger partial charge is 0.142 e. The van der Waals surface area contributed by atoms with Crippen LogP contribution in [0.2, 0.25) is 0 Å². The van der Waals surface area contributed by atoms with E-state index in [0.29, 0.717) is 11.7 Å². The van der Waals surface area contributed by atoms with Gasteiger partial charge in [-0.3, -0.25) is 0 Å². The molecule has 0 amide bonds. The Labute approximate surface area is 101 Å². The van der Waals surface area contributed by atoms with E-state index < -0.39 is 0 Å². The van der Waals surface area contributed by atoms with Crippen LogP contribution in [0.4, 0.5) is 5.82 Å². The lowest BCUT2D eigenvalue weighted by atomic mass is 9.92. The maximum Gasteiger partial charge on any atom is 0.142 e. The molecule has 17 heavy (non-hydrogen) atoms. The van der Waals surface area contributed by atoms with Gasteiger partial charge in [0.15, 0.2) is 0 Å². The van der Waals surface area contributed by atoms with Crippen molar-refractivity contribution in [2.75, 3.05) is 24.5 Å². The van der Waals surface area contributed by atoms with Crippen LogP contribution >= 0.6 is 0 Å². The van der Waals surface area contributed by atoms with Gasteiger partial charge in [-0.05, 0) is 37.4 Å². The Morgan fingerprint density at radius 3 is 3.24 bits per heavy atom. The molecule has 0 aromatic carbocycles. The number of piperidine rings is 1. The first-order valence-electron chi connectivity index (χ1n) is 6.22. The monoisotopic (exact) mass is 228 g/mol. The van der Waals surface area contributed by atoms with Gasteiger partial charge in [-0.15, -0.1) is 0 Å². The minimum absolute atomic E-state index is 0.504. The molecule has 0 aliphatic carbocycles. The summed E-state index contributed by atoms with van der Waals surface area (Å²) in [5.41, 5.74) is 0.504. The predicted octanol–water partition coefficient (Wildman–Crippen LogP) is 1.14. The first kappa shape index (κ1) is 10.5. The molecule has 88 valence electrons. The molecule has 4 heteroatoms. The van der Waals surface area contributed by atoms with Crippen molar-refractivity contribution in [3.05, 3.63) is 23.9 Å². The highest BCUT2D eigenvalue weighted by Crippen LogP contribution is 2.27. The number of rotatable bonds is 1. The largest absolute Gasteiger partial charge is 0.355 e. The molecule has 2 aliphatic heterocycles. The first-order valence-corrected chi connectivity index (χ1v) is 6.22. The van der Waals surface area contributed by atoms with E-state index in [-0.39, 0.29) is 0 Å². The van der Waals surface area contributed by atoms with Crippen molar-refractivity contribution in [1.29, 1.82) is 5.26 Å². The topological polar surface area (TPSA) is 52.0 Å². The Hall–Kier alpha value is -1.60. The van der Waals surface area contributed by atoms with Crippen LogP contribution < -0.4 is 10.2 Å². The van der Waals surface area contributed by atoms with Gasteiger partial charge in [0, 0.05) is 19.1 Å². The summed E-state index contributed by atoms with van der Waals surface area (Å²) in [4.78, 5) is 6.66. The lowest BCUT2D eigenvalue weighted by Gasteiger charge is -2.35. The average molecular weight is 228 g/mol. The predicted molar refractivity (Wildman–Crippen MR) is 65.7 cm³/mol. The van der Waals surface area contributed by atoms with Gasteiger partial charge in [0.05, 0.1) is 0 Å². The van der Waals surface area contributed by atoms with Gasteiger partial charge in [-0.1, -0.05) is 6.07 Å². The second-order valence-electron chi connectivity index (χ2n) is 4.84. The number of nitriles is 1. The van der Waals surface area contributed by atoms with Crippen molar-refractivity contribution >= 4 is 5.82 Å². The van der Waals surface area contributed by atoms with Gasteiger partial charge >= 0.3 is 0 Å². The lowest BCUT2D eigenvalue weighted by Crippen LogP contribution is -2.46. The van der Waals surface area contributed by atoms with Crippen molar-refractivity contribution in [2.24, 2.45) is 5.92 Å². The molecule has 0 radical (unpaired) electrons. The zero-order valence-electron chi connectivity index (χ0n) is 9.76. The molecule has 0 bridgehead atoms. The van der Waals surface area contributed by atoms with E-state index in [4.69, 9.17) is 5.26 Å². The van der Waals surface area contributed by atoms with Crippen molar-refractivity contribution in [3.63, 3.8) is 0 Å². The van der Waals surface area contributed by atoms with Crippen molar-refractivity contribution in [1.82, 2.24) is 10.3 Å². The van der Waals surface area contributed by atoms with Gasteiger partial charge in [0.1, 0.15) is 17.6 Å². The van der Waals surface area contributed by atoms with Crippen molar-refractivity contribution in [2.45, 2.75) is 18.9 Å². The highest BCUT2D eigenvalue weighted by Gasteiger charge is 2.32. The van der Waals surface area contributed by atoms with Gasteiger partial charge in [-0.25, -0.2) is 4.98 Å². The molecular formula is C13H16N4. The second kappa shape index (κ2) is 4.34. The number of nitrogens with one attached hydrogen (secondary N) is 1. The molecule has 0 saturated carbocycles. The number of fused-ring (bicyclic) bond motifs is 1. The van der Waals surface area contributed by atoms with Crippen LogP contribution in [0.1, 0.15) is 18.5 Å². The zero-order valence-corrected chi connectivity index (χ0v) is 9.76. The molecule has 1 N–H and O–H groups in total. The molecule has 2 saturated heterocycles. The molecule has 1 aromatic rings. The van der Waals surface area contributed by atoms with Gasteiger partial charge in [0.25, 0.3) is 0 Å². The Balaban J connectivity index is 1.78. The Morgan fingerprint density at radius 1 is 1.41 bits per heavy atom. The number of nitrogens with zero attached hydrogens (tertiary/aromatic N) is 3. The summed E-state index contributed by atoms with van der Waals surface area (Å²) < 4.78 is 0. The number of pyridine rings is 1. The van der Waals surface area contributed by atoms with Gasteiger partial charge in [-0.2, -0.15) is 5.26 Å². The van der Waals surface area contributed by atoms with E-state index in [2.05, 4.69) is 21.3 Å². The standard InChI is InChI=1S/C13H16N4/c14-8-11-2-1-3-13(16-11)17-7-5-10-4-6-15-12(10)9-17/h1-3,10,12,15H,4-7,9H2. The number of hydrogen-bond acceptors (Lipinski definition) is 4. The van der Waals surface area contributed by atoms with E-state index in [0.717, 1.165) is 31.4 Å².